The standard InChI is InChI=1S/C10H18ClNO3S/c11-16(13,14)8-9-2-1-3-10(9)12-4-6-15-7-5-12/h9-10H,1-8H2. The van der Waals surface area contributed by atoms with E-state index in [-0.39, 0.29) is 11.7 Å². The fourth-order valence-corrected chi connectivity index (χ4v) is 4.24. The molecule has 94 valence electrons. The molecule has 1 saturated heterocycles. The monoisotopic (exact) mass is 267 g/mol. The Kier molecular flexibility index (Phi) is 4.11. The van der Waals surface area contributed by atoms with Crippen LogP contribution in [0.15, 0.2) is 0 Å². The molecule has 2 atom stereocenters. The molecule has 2 fully saturated rings. The van der Waals surface area contributed by atoms with Gasteiger partial charge in [0.15, 0.2) is 0 Å². The molecule has 16 heavy (non-hydrogen) atoms. The summed E-state index contributed by atoms with van der Waals surface area (Å²) in [4.78, 5) is 2.36. The van der Waals surface area contributed by atoms with Crippen molar-refractivity contribution >= 4 is 19.7 Å². The number of ether oxygens (including phenoxy) is 1. The first-order chi connectivity index (χ1) is 7.56. The summed E-state index contributed by atoms with van der Waals surface area (Å²) in [6.45, 7) is 3.36. The van der Waals surface area contributed by atoms with Crippen LogP contribution in [0.1, 0.15) is 19.3 Å². The molecule has 1 heterocycles. The third-order valence-electron chi connectivity index (χ3n) is 3.55. The van der Waals surface area contributed by atoms with Crippen LogP contribution >= 0.6 is 10.7 Å². The van der Waals surface area contributed by atoms with Gasteiger partial charge in [-0.2, -0.15) is 0 Å². The molecule has 0 aromatic rings. The van der Waals surface area contributed by atoms with E-state index in [0.717, 1.165) is 45.6 Å². The molecule has 0 bridgehead atoms. The molecule has 1 aliphatic carbocycles. The zero-order chi connectivity index (χ0) is 11.6. The molecule has 2 unspecified atom stereocenters. The number of hydrogen-bond donors (Lipinski definition) is 0. The second-order valence-electron chi connectivity index (χ2n) is 4.61. The molecule has 2 aliphatic rings. The van der Waals surface area contributed by atoms with Gasteiger partial charge in [0.25, 0.3) is 0 Å². The predicted molar refractivity (Wildman–Crippen MR) is 63.2 cm³/mol. The highest BCUT2D eigenvalue weighted by atomic mass is 35.7. The first kappa shape index (κ1) is 12.6. The van der Waals surface area contributed by atoms with Gasteiger partial charge in [0.1, 0.15) is 0 Å². The Labute approximate surface area is 101 Å². The van der Waals surface area contributed by atoms with Gasteiger partial charge in [-0.25, -0.2) is 8.42 Å². The third kappa shape index (κ3) is 3.32. The van der Waals surface area contributed by atoms with Gasteiger partial charge in [0, 0.05) is 29.8 Å². The quantitative estimate of drug-likeness (QED) is 0.718. The van der Waals surface area contributed by atoms with Crippen LogP contribution in [0.4, 0.5) is 0 Å². The van der Waals surface area contributed by atoms with Crippen LogP contribution in [0.3, 0.4) is 0 Å². The van der Waals surface area contributed by atoms with Gasteiger partial charge in [0.05, 0.1) is 19.0 Å². The van der Waals surface area contributed by atoms with Gasteiger partial charge in [-0.3, -0.25) is 4.90 Å². The van der Waals surface area contributed by atoms with E-state index in [1.807, 2.05) is 0 Å². The maximum Gasteiger partial charge on any atom is 0.232 e. The lowest BCUT2D eigenvalue weighted by Crippen LogP contribution is -2.46. The van der Waals surface area contributed by atoms with Gasteiger partial charge in [-0.15, -0.1) is 0 Å². The van der Waals surface area contributed by atoms with Crippen molar-refractivity contribution in [1.29, 1.82) is 0 Å². The van der Waals surface area contributed by atoms with E-state index < -0.39 is 9.05 Å². The molecule has 0 aromatic carbocycles. The second-order valence-corrected chi connectivity index (χ2v) is 7.43. The van der Waals surface area contributed by atoms with Crippen LogP contribution in [-0.4, -0.2) is 51.4 Å². The van der Waals surface area contributed by atoms with Crippen molar-refractivity contribution in [2.45, 2.75) is 25.3 Å². The fraction of sp³-hybridized carbons (Fsp3) is 1.00. The largest absolute Gasteiger partial charge is 0.379 e. The highest BCUT2D eigenvalue weighted by Gasteiger charge is 2.35. The van der Waals surface area contributed by atoms with Crippen LogP contribution in [0.25, 0.3) is 0 Å². The van der Waals surface area contributed by atoms with Crippen molar-refractivity contribution in [3.63, 3.8) is 0 Å². The summed E-state index contributed by atoms with van der Waals surface area (Å²) in [5, 5.41) is 0. The summed E-state index contributed by atoms with van der Waals surface area (Å²) in [5.74, 6) is 0.330. The number of rotatable bonds is 3. The number of hydrogen-bond acceptors (Lipinski definition) is 4. The van der Waals surface area contributed by atoms with Crippen LogP contribution in [0, 0.1) is 5.92 Å². The van der Waals surface area contributed by atoms with Crippen molar-refractivity contribution in [3.05, 3.63) is 0 Å². The maximum atomic E-state index is 11.1. The Morgan fingerprint density at radius 2 is 1.94 bits per heavy atom. The smallest absolute Gasteiger partial charge is 0.232 e. The van der Waals surface area contributed by atoms with Gasteiger partial charge in [-0.05, 0) is 18.8 Å². The van der Waals surface area contributed by atoms with E-state index in [1.165, 1.54) is 0 Å². The summed E-state index contributed by atoms with van der Waals surface area (Å²) in [5.41, 5.74) is 0. The van der Waals surface area contributed by atoms with E-state index in [9.17, 15) is 8.42 Å². The first-order valence-corrected chi connectivity index (χ1v) is 8.28. The Morgan fingerprint density at radius 1 is 1.25 bits per heavy atom. The Hall–Kier alpha value is 0.160. The molecule has 6 heteroatoms. The minimum absolute atomic E-state index is 0.122. The summed E-state index contributed by atoms with van der Waals surface area (Å²) >= 11 is 0. The molecular weight excluding hydrogens is 250 g/mol. The van der Waals surface area contributed by atoms with E-state index in [2.05, 4.69) is 4.90 Å². The second kappa shape index (κ2) is 5.21. The molecule has 2 rings (SSSR count). The van der Waals surface area contributed by atoms with Crippen molar-refractivity contribution in [3.8, 4) is 0 Å². The number of halogens is 1. The lowest BCUT2D eigenvalue weighted by molar-refractivity contribution is 0.0102. The molecule has 0 amide bonds. The summed E-state index contributed by atoms with van der Waals surface area (Å²) in [7, 11) is 1.98. The fourth-order valence-electron chi connectivity index (χ4n) is 2.86. The van der Waals surface area contributed by atoms with E-state index in [1.54, 1.807) is 0 Å². The van der Waals surface area contributed by atoms with Gasteiger partial charge in [0.2, 0.25) is 9.05 Å². The lowest BCUT2D eigenvalue weighted by atomic mass is 10.0. The molecule has 1 aliphatic heterocycles. The van der Waals surface area contributed by atoms with Crippen LogP contribution in [0.5, 0.6) is 0 Å². The van der Waals surface area contributed by atoms with Crippen molar-refractivity contribution < 1.29 is 13.2 Å². The normalized spacial score (nSPS) is 33.1. The topological polar surface area (TPSA) is 46.6 Å². The lowest BCUT2D eigenvalue weighted by Gasteiger charge is -2.35. The van der Waals surface area contributed by atoms with Crippen molar-refractivity contribution in [2.24, 2.45) is 5.92 Å². The van der Waals surface area contributed by atoms with Gasteiger partial charge in [-0.1, -0.05) is 6.42 Å². The molecule has 0 radical (unpaired) electrons. The van der Waals surface area contributed by atoms with Crippen LogP contribution in [0.2, 0.25) is 0 Å². The summed E-state index contributed by atoms with van der Waals surface area (Å²) < 4.78 is 27.6. The van der Waals surface area contributed by atoms with Gasteiger partial charge < -0.3 is 4.74 Å². The number of nitrogens with zero attached hydrogens (tertiary/aromatic N) is 1. The highest BCUT2D eigenvalue weighted by Crippen LogP contribution is 2.32. The molecule has 1 saturated carbocycles. The third-order valence-corrected chi connectivity index (χ3v) is 4.75. The average Bonchev–Trinajstić information content (AvgIpc) is 2.64. The Bertz CT molecular complexity index is 327. The zero-order valence-electron chi connectivity index (χ0n) is 9.27. The summed E-state index contributed by atoms with van der Waals surface area (Å²) in [6, 6.07) is 0.387. The maximum absolute atomic E-state index is 11.1. The Morgan fingerprint density at radius 3 is 2.56 bits per heavy atom. The van der Waals surface area contributed by atoms with E-state index in [0.29, 0.717) is 6.04 Å². The van der Waals surface area contributed by atoms with Crippen LogP contribution < -0.4 is 0 Å². The van der Waals surface area contributed by atoms with Gasteiger partial charge >= 0.3 is 0 Å². The SMILES string of the molecule is O=S(=O)(Cl)CC1CCCC1N1CCOCC1. The Balaban J connectivity index is 1.97. The molecule has 4 nitrogen and oxygen atoms in total. The van der Waals surface area contributed by atoms with Crippen molar-refractivity contribution in [2.75, 3.05) is 32.1 Å². The number of morpholine rings is 1. The molecule has 0 spiro atoms. The predicted octanol–water partition coefficient (Wildman–Crippen LogP) is 1.06. The summed E-state index contributed by atoms with van der Waals surface area (Å²) in [6.07, 6.45) is 3.18. The minimum atomic E-state index is -3.36. The van der Waals surface area contributed by atoms with E-state index >= 15 is 0 Å². The molecular formula is C10H18ClNO3S. The van der Waals surface area contributed by atoms with Crippen LogP contribution in [-0.2, 0) is 13.8 Å². The zero-order valence-corrected chi connectivity index (χ0v) is 10.8. The van der Waals surface area contributed by atoms with E-state index in [4.69, 9.17) is 15.4 Å². The van der Waals surface area contributed by atoms with Crippen molar-refractivity contribution in [1.82, 2.24) is 4.90 Å². The average molecular weight is 268 g/mol. The molecule has 0 N–H and O–H groups in total. The molecule has 0 aromatic heterocycles. The highest BCUT2D eigenvalue weighted by molar-refractivity contribution is 8.13. The minimum Gasteiger partial charge on any atom is -0.379 e. The first-order valence-electron chi connectivity index (χ1n) is 5.80.